The summed E-state index contributed by atoms with van der Waals surface area (Å²) in [5.74, 6) is 0.876. The fourth-order valence-electron chi connectivity index (χ4n) is 2.34. The van der Waals surface area contributed by atoms with Crippen LogP contribution in [0.25, 0.3) is 0 Å². The maximum absolute atomic E-state index is 3.26. The third kappa shape index (κ3) is 4.28. The van der Waals surface area contributed by atoms with E-state index in [1.54, 1.807) is 5.57 Å². The summed E-state index contributed by atoms with van der Waals surface area (Å²) in [7, 11) is 2.04. The average molecular weight is 195 g/mol. The van der Waals surface area contributed by atoms with Crippen LogP contribution in [0.5, 0.6) is 0 Å². The highest BCUT2D eigenvalue weighted by Crippen LogP contribution is 2.25. The number of hydrogen-bond donors (Lipinski definition) is 1. The van der Waals surface area contributed by atoms with E-state index in [-0.39, 0.29) is 0 Å². The Bertz CT molecular complexity index is 164. The second-order valence-corrected chi connectivity index (χ2v) is 4.46. The van der Waals surface area contributed by atoms with E-state index in [9.17, 15) is 0 Å². The molecule has 0 aromatic rings. The van der Waals surface area contributed by atoms with Crippen molar-refractivity contribution in [3.8, 4) is 0 Å². The van der Waals surface area contributed by atoms with Gasteiger partial charge in [0.1, 0.15) is 0 Å². The number of allylic oxidation sites excluding steroid dienone is 1. The van der Waals surface area contributed by atoms with Gasteiger partial charge in [0, 0.05) is 6.54 Å². The third-order valence-corrected chi connectivity index (χ3v) is 3.23. The first-order valence-corrected chi connectivity index (χ1v) is 6.21. The van der Waals surface area contributed by atoms with Crippen molar-refractivity contribution in [3.05, 3.63) is 11.6 Å². The fourth-order valence-corrected chi connectivity index (χ4v) is 2.34. The lowest BCUT2D eigenvalue weighted by Crippen LogP contribution is -2.11. The summed E-state index contributed by atoms with van der Waals surface area (Å²) >= 11 is 0. The van der Waals surface area contributed by atoms with Gasteiger partial charge in [0.15, 0.2) is 0 Å². The zero-order chi connectivity index (χ0) is 10.2. The van der Waals surface area contributed by atoms with Crippen molar-refractivity contribution in [2.45, 2.75) is 51.9 Å². The molecule has 0 radical (unpaired) electrons. The molecular weight excluding hydrogens is 170 g/mol. The molecular formula is C13H25N. The van der Waals surface area contributed by atoms with Gasteiger partial charge in [-0.15, -0.1) is 0 Å². The van der Waals surface area contributed by atoms with Crippen molar-refractivity contribution >= 4 is 0 Å². The molecule has 0 unspecified atom stereocenters. The third-order valence-electron chi connectivity index (χ3n) is 3.23. The lowest BCUT2D eigenvalue weighted by Gasteiger charge is -2.12. The first-order chi connectivity index (χ1) is 6.86. The zero-order valence-corrected chi connectivity index (χ0v) is 9.81. The molecule has 1 aliphatic rings. The highest BCUT2D eigenvalue weighted by Gasteiger charge is 2.10. The van der Waals surface area contributed by atoms with Crippen molar-refractivity contribution in [2.75, 3.05) is 13.6 Å². The lowest BCUT2D eigenvalue weighted by molar-refractivity contribution is 0.552. The summed E-state index contributed by atoms with van der Waals surface area (Å²) in [6.45, 7) is 3.34. The minimum Gasteiger partial charge on any atom is -0.316 e. The molecule has 1 nitrogen and oxygen atoms in total. The molecule has 1 saturated carbocycles. The highest BCUT2D eigenvalue weighted by molar-refractivity contribution is 5.05. The van der Waals surface area contributed by atoms with E-state index >= 15 is 0 Å². The SMILES string of the molecule is CCC(=CC1CCCCCC1)CNC. The van der Waals surface area contributed by atoms with E-state index in [1.165, 1.54) is 44.9 Å². The van der Waals surface area contributed by atoms with Gasteiger partial charge in [-0.1, -0.05) is 44.3 Å². The van der Waals surface area contributed by atoms with Crippen LogP contribution < -0.4 is 5.32 Å². The molecule has 0 aromatic heterocycles. The highest BCUT2D eigenvalue weighted by atomic mass is 14.8. The minimum atomic E-state index is 0.876. The van der Waals surface area contributed by atoms with Gasteiger partial charge in [-0.05, 0) is 32.2 Å². The monoisotopic (exact) mass is 195 g/mol. The Labute approximate surface area is 89.0 Å². The molecule has 0 bridgehead atoms. The molecule has 0 spiro atoms. The normalized spacial score (nSPS) is 20.9. The van der Waals surface area contributed by atoms with E-state index in [4.69, 9.17) is 0 Å². The lowest BCUT2D eigenvalue weighted by atomic mass is 9.96. The van der Waals surface area contributed by atoms with Crippen LogP contribution in [0.1, 0.15) is 51.9 Å². The summed E-state index contributed by atoms with van der Waals surface area (Å²) in [5, 5.41) is 3.26. The molecule has 0 amide bonds. The number of rotatable bonds is 4. The molecule has 0 aliphatic heterocycles. The van der Waals surface area contributed by atoms with Gasteiger partial charge in [-0.3, -0.25) is 0 Å². The Kier molecular flexibility index (Phi) is 5.93. The number of likely N-dealkylation sites (N-methyl/N-ethyl adjacent to an activating group) is 1. The summed E-state index contributed by atoms with van der Waals surface area (Å²) in [5.41, 5.74) is 1.60. The van der Waals surface area contributed by atoms with Crippen molar-refractivity contribution < 1.29 is 0 Å². The predicted octanol–water partition coefficient (Wildman–Crippen LogP) is 3.51. The maximum atomic E-state index is 3.26. The summed E-state index contributed by atoms with van der Waals surface area (Å²) < 4.78 is 0. The first kappa shape index (κ1) is 11.8. The molecule has 1 heteroatoms. The van der Waals surface area contributed by atoms with E-state index in [2.05, 4.69) is 18.3 Å². The molecule has 1 fully saturated rings. The van der Waals surface area contributed by atoms with Gasteiger partial charge >= 0.3 is 0 Å². The van der Waals surface area contributed by atoms with E-state index < -0.39 is 0 Å². The van der Waals surface area contributed by atoms with Crippen LogP contribution in [0.15, 0.2) is 11.6 Å². The Morgan fingerprint density at radius 1 is 1.21 bits per heavy atom. The van der Waals surface area contributed by atoms with Crippen LogP contribution >= 0.6 is 0 Å². The van der Waals surface area contributed by atoms with Crippen molar-refractivity contribution in [2.24, 2.45) is 5.92 Å². The Morgan fingerprint density at radius 3 is 2.36 bits per heavy atom. The van der Waals surface area contributed by atoms with Crippen molar-refractivity contribution in [3.63, 3.8) is 0 Å². The second-order valence-electron chi connectivity index (χ2n) is 4.46. The van der Waals surface area contributed by atoms with Crippen LogP contribution in [-0.4, -0.2) is 13.6 Å². The smallest absolute Gasteiger partial charge is 0.0161 e. The van der Waals surface area contributed by atoms with Crippen molar-refractivity contribution in [1.29, 1.82) is 0 Å². The van der Waals surface area contributed by atoms with E-state index in [1.807, 2.05) is 7.05 Å². The molecule has 1 aliphatic carbocycles. The predicted molar refractivity (Wildman–Crippen MR) is 63.5 cm³/mol. The molecule has 14 heavy (non-hydrogen) atoms. The Balaban J connectivity index is 2.43. The van der Waals surface area contributed by atoms with Crippen LogP contribution in [0, 0.1) is 5.92 Å². The molecule has 82 valence electrons. The van der Waals surface area contributed by atoms with Gasteiger partial charge in [0.05, 0.1) is 0 Å². The van der Waals surface area contributed by atoms with Gasteiger partial charge in [0.25, 0.3) is 0 Å². The Hall–Kier alpha value is -0.300. The average Bonchev–Trinajstić information content (AvgIpc) is 2.45. The van der Waals surface area contributed by atoms with Crippen LogP contribution in [-0.2, 0) is 0 Å². The van der Waals surface area contributed by atoms with Crippen molar-refractivity contribution in [1.82, 2.24) is 5.32 Å². The molecule has 0 heterocycles. The largest absolute Gasteiger partial charge is 0.316 e. The van der Waals surface area contributed by atoms with Gasteiger partial charge < -0.3 is 5.32 Å². The first-order valence-electron chi connectivity index (χ1n) is 6.21. The Morgan fingerprint density at radius 2 is 1.86 bits per heavy atom. The van der Waals surface area contributed by atoms with Gasteiger partial charge in [0.2, 0.25) is 0 Å². The topological polar surface area (TPSA) is 12.0 Å². The number of hydrogen-bond acceptors (Lipinski definition) is 1. The molecule has 0 atom stereocenters. The minimum absolute atomic E-state index is 0.876. The van der Waals surface area contributed by atoms with E-state index in [0.717, 1.165) is 12.5 Å². The van der Waals surface area contributed by atoms with Crippen LogP contribution in [0.4, 0.5) is 0 Å². The van der Waals surface area contributed by atoms with E-state index in [0.29, 0.717) is 0 Å². The molecule has 0 aromatic carbocycles. The van der Waals surface area contributed by atoms with Crippen LogP contribution in [0.2, 0.25) is 0 Å². The maximum Gasteiger partial charge on any atom is 0.0161 e. The summed E-state index contributed by atoms with van der Waals surface area (Å²) in [6.07, 6.45) is 12.4. The molecule has 0 saturated heterocycles. The van der Waals surface area contributed by atoms with Gasteiger partial charge in [-0.2, -0.15) is 0 Å². The standard InChI is InChI=1S/C13H25N/c1-3-12(11-14-2)10-13-8-6-4-5-7-9-13/h10,13-14H,3-9,11H2,1-2H3. The molecule has 1 N–H and O–H groups in total. The zero-order valence-electron chi connectivity index (χ0n) is 9.81. The molecule has 1 rings (SSSR count). The summed E-state index contributed by atoms with van der Waals surface area (Å²) in [6, 6.07) is 0. The fraction of sp³-hybridized carbons (Fsp3) is 0.846. The van der Waals surface area contributed by atoms with Gasteiger partial charge in [-0.25, -0.2) is 0 Å². The quantitative estimate of drug-likeness (QED) is 0.534. The summed E-state index contributed by atoms with van der Waals surface area (Å²) in [4.78, 5) is 0. The van der Waals surface area contributed by atoms with Crippen LogP contribution in [0.3, 0.4) is 0 Å². The number of nitrogens with one attached hydrogen (secondary N) is 1. The second kappa shape index (κ2) is 7.05.